The van der Waals surface area contributed by atoms with E-state index in [2.05, 4.69) is 83.1 Å². The molecule has 0 spiro atoms. The van der Waals surface area contributed by atoms with Crippen LogP contribution >= 0.6 is 0 Å². The smallest absolute Gasteiger partial charge is 0.135 e. The first-order valence-corrected chi connectivity index (χ1v) is 17.4. The molecule has 0 aromatic rings. The number of Topliss-reactive ketones (excluding diaryl/α,β-unsaturated/α-hetero) is 2. The van der Waals surface area contributed by atoms with Gasteiger partial charge in [0, 0.05) is 18.8 Å². The average molecular weight is 605 g/mol. The third-order valence-corrected chi connectivity index (χ3v) is 5.36. The number of rotatable bonds is 12. The summed E-state index contributed by atoms with van der Waals surface area (Å²) in [5, 5.41) is 0. The second kappa shape index (κ2) is 59.2. The minimum atomic E-state index is 0.167. The Labute approximate surface area is 268 Å². The van der Waals surface area contributed by atoms with Crippen LogP contribution in [-0.4, -0.2) is 24.1 Å². The molecule has 0 saturated heterocycles. The molecular formula is C38H84O4. The summed E-state index contributed by atoms with van der Waals surface area (Å²) in [5.74, 6) is 4.15. The molecule has 0 heterocycles. The van der Waals surface area contributed by atoms with E-state index in [9.17, 15) is 14.4 Å². The van der Waals surface area contributed by atoms with Crippen LogP contribution in [0.25, 0.3) is 0 Å². The normalized spacial score (nSPS) is 10.8. The number of carbonyl (C=O) groups excluding carboxylic acids is 4. The van der Waals surface area contributed by atoms with Crippen molar-refractivity contribution in [1.82, 2.24) is 0 Å². The molecule has 2 unspecified atom stereocenters. The van der Waals surface area contributed by atoms with Gasteiger partial charge in [-0.05, 0) is 63.7 Å². The zero-order chi connectivity index (χ0) is 35.5. The van der Waals surface area contributed by atoms with Crippen molar-refractivity contribution in [2.45, 2.75) is 196 Å². The SMILES string of the molecule is CC.CC(C)=O.CC=O.CCC.CCC(=O)C(C)CC(C)C.CCC(C)[C@H](C)CC(C)C.CCCC.CCCCC=O. The second-order valence-electron chi connectivity index (χ2n) is 11.5. The third-order valence-electron chi connectivity index (χ3n) is 5.36. The van der Waals surface area contributed by atoms with E-state index in [0.717, 1.165) is 56.0 Å². The van der Waals surface area contributed by atoms with Gasteiger partial charge in [0.05, 0.1) is 0 Å². The van der Waals surface area contributed by atoms with Gasteiger partial charge in [-0.3, -0.25) is 4.79 Å². The summed E-state index contributed by atoms with van der Waals surface area (Å²) < 4.78 is 0. The Hall–Kier alpha value is -1.32. The van der Waals surface area contributed by atoms with Crippen LogP contribution in [0.2, 0.25) is 0 Å². The lowest BCUT2D eigenvalue weighted by atomic mass is 9.87. The Bertz CT molecular complexity index is 464. The number of aldehydes is 2. The highest BCUT2D eigenvalue weighted by atomic mass is 16.1. The largest absolute Gasteiger partial charge is 0.304 e. The molecule has 0 aromatic carbocycles. The molecule has 0 aliphatic carbocycles. The predicted molar refractivity (Wildman–Crippen MR) is 194 cm³/mol. The average Bonchev–Trinajstić information content (AvgIpc) is 2.92. The van der Waals surface area contributed by atoms with Crippen molar-refractivity contribution in [3.8, 4) is 0 Å². The zero-order valence-electron chi connectivity index (χ0n) is 32.7. The first-order chi connectivity index (χ1) is 19.5. The van der Waals surface area contributed by atoms with Crippen LogP contribution < -0.4 is 0 Å². The van der Waals surface area contributed by atoms with E-state index in [1.165, 1.54) is 52.9 Å². The predicted octanol–water partition coefficient (Wildman–Crippen LogP) is 12.8. The summed E-state index contributed by atoms with van der Waals surface area (Å²) in [6, 6.07) is 0. The van der Waals surface area contributed by atoms with Crippen LogP contribution in [0.15, 0.2) is 0 Å². The molecule has 0 N–H and O–H groups in total. The first kappa shape index (κ1) is 60.0. The van der Waals surface area contributed by atoms with Crippen molar-refractivity contribution < 1.29 is 19.2 Å². The van der Waals surface area contributed by atoms with Crippen molar-refractivity contribution in [2.24, 2.45) is 29.6 Å². The van der Waals surface area contributed by atoms with Crippen LogP contribution in [0.3, 0.4) is 0 Å². The van der Waals surface area contributed by atoms with Gasteiger partial charge in [-0.15, -0.1) is 0 Å². The molecule has 0 fully saturated rings. The molecule has 4 heteroatoms. The molecule has 260 valence electrons. The van der Waals surface area contributed by atoms with E-state index < -0.39 is 0 Å². The standard InChI is InChI=1S/C10H22.C9H18O.C5H10O.C4H10.C3H6O.C3H8.C2H4O.C2H6/c1-6-9(4)10(5)7-8(2)3;1-5-9(10)8(4)6-7(2)3;1-2-3-4-5-6;1-3-4-2;1-3(2)4;1-3-2;1-2-3;1-2/h8-10H,6-7H2,1-5H3;7-8H,5-6H2,1-4H3;5H,2-4H2,1H3;3-4H2,1-2H3;1-2H3;3H2,1-2H3;2H,1H3;1-2H3/t9?,10-;;;;;;;/m1......./s1. The molecule has 0 rings (SSSR count). The lowest BCUT2D eigenvalue weighted by Gasteiger charge is -2.19. The van der Waals surface area contributed by atoms with Crippen LogP contribution in [0.4, 0.5) is 0 Å². The first-order valence-electron chi connectivity index (χ1n) is 17.4. The lowest BCUT2D eigenvalue weighted by molar-refractivity contribution is -0.122. The van der Waals surface area contributed by atoms with E-state index in [1.807, 2.05) is 27.7 Å². The Kier molecular flexibility index (Phi) is 84.5. The lowest BCUT2D eigenvalue weighted by Crippen LogP contribution is -2.11. The molecule has 0 aliphatic rings. The number of hydrogen-bond acceptors (Lipinski definition) is 4. The summed E-state index contributed by atoms with van der Waals surface area (Å²) in [4.78, 5) is 38.9. The van der Waals surface area contributed by atoms with E-state index in [-0.39, 0.29) is 11.7 Å². The molecule has 42 heavy (non-hydrogen) atoms. The monoisotopic (exact) mass is 605 g/mol. The summed E-state index contributed by atoms with van der Waals surface area (Å²) in [5.41, 5.74) is 0. The maximum atomic E-state index is 11.0. The van der Waals surface area contributed by atoms with Gasteiger partial charge in [-0.25, -0.2) is 0 Å². The van der Waals surface area contributed by atoms with Crippen LogP contribution in [-0.2, 0) is 19.2 Å². The number of hydrogen-bond donors (Lipinski definition) is 0. The Balaban J connectivity index is -0.0000000559. The van der Waals surface area contributed by atoms with Gasteiger partial charge < -0.3 is 14.4 Å². The fraction of sp³-hybridized carbons (Fsp3) is 0.895. The number of ketones is 2. The minimum absolute atomic E-state index is 0.167. The van der Waals surface area contributed by atoms with Gasteiger partial charge in [0.15, 0.2) is 0 Å². The highest BCUT2D eigenvalue weighted by molar-refractivity contribution is 5.80. The molecular weight excluding hydrogens is 520 g/mol. The highest BCUT2D eigenvalue weighted by Crippen LogP contribution is 2.21. The fourth-order valence-electron chi connectivity index (χ4n) is 2.85. The maximum absolute atomic E-state index is 11.0. The van der Waals surface area contributed by atoms with Crippen molar-refractivity contribution in [1.29, 1.82) is 0 Å². The number of unbranched alkanes of at least 4 members (excludes halogenated alkanes) is 3. The van der Waals surface area contributed by atoms with E-state index in [1.54, 1.807) is 0 Å². The molecule has 0 aromatic heterocycles. The topological polar surface area (TPSA) is 68.3 Å². The van der Waals surface area contributed by atoms with E-state index in [4.69, 9.17) is 4.79 Å². The quantitative estimate of drug-likeness (QED) is 0.164. The van der Waals surface area contributed by atoms with Gasteiger partial charge in [-0.2, -0.15) is 0 Å². The van der Waals surface area contributed by atoms with Gasteiger partial charge >= 0.3 is 0 Å². The zero-order valence-corrected chi connectivity index (χ0v) is 32.7. The molecule has 3 atom stereocenters. The van der Waals surface area contributed by atoms with Gasteiger partial charge in [0.2, 0.25) is 0 Å². The van der Waals surface area contributed by atoms with Crippen LogP contribution in [0, 0.1) is 29.6 Å². The van der Waals surface area contributed by atoms with Crippen LogP contribution in [0.1, 0.15) is 196 Å². The van der Waals surface area contributed by atoms with E-state index in [0.29, 0.717) is 18.1 Å². The van der Waals surface area contributed by atoms with Crippen molar-refractivity contribution >= 4 is 24.1 Å². The summed E-state index contributed by atoms with van der Waals surface area (Å²) in [6.45, 7) is 39.0. The summed E-state index contributed by atoms with van der Waals surface area (Å²) in [6.07, 6.45) is 12.9. The number of carbonyl (C=O) groups is 4. The van der Waals surface area contributed by atoms with Gasteiger partial charge in [-0.1, -0.05) is 143 Å². The molecule has 0 radical (unpaired) electrons. The Morgan fingerprint density at radius 2 is 0.976 bits per heavy atom. The summed E-state index contributed by atoms with van der Waals surface area (Å²) in [7, 11) is 0. The fourth-order valence-corrected chi connectivity index (χ4v) is 2.85. The molecule has 0 bridgehead atoms. The molecule has 0 saturated carbocycles. The summed E-state index contributed by atoms with van der Waals surface area (Å²) >= 11 is 0. The third kappa shape index (κ3) is 107. The van der Waals surface area contributed by atoms with Crippen molar-refractivity contribution in [3.63, 3.8) is 0 Å². The maximum Gasteiger partial charge on any atom is 0.135 e. The minimum Gasteiger partial charge on any atom is -0.304 e. The van der Waals surface area contributed by atoms with Gasteiger partial charge in [0.25, 0.3) is 0 Å². The highest BCUT2D eigenvalue weighted by Gasteiger charge is 2.11. The molecule has 0 amide bonds. The van der Waals surface area contributed by atoms with Crippen molar-refractivity contribution in [2.75, 3.05) is 0 Å². The van der Waals surface area contributed by atoms with Crippen molar-refractivity contribution in [3.05, 3.63) is 0 Å². The Morgan fingerprint density at radius 3 is 1.14 bits per heavy atom. The second-order valence-corrected chi connectivity index (χ2v) is 11.5. The van der Waals surface area contributed by atoms with E-state index >= 15 is 0 Å². The Morgan fingerprint density at radius 1 is 0.643 bits per heavy atom. The van der Waals surface area contributed by atoms with Gasteiger partial charge in [0.1, 0.15) is 24.1 Å². The van der Waals surface area contributed by atoms with Crippen LogP contribution in [0.5, 0.6) is 0 Å². The molecule has 4 nitrogen and oxygen atoms in total. The molecule has 0 aliphatic heterocycles.